The normalized spacial score (nSPS) is 11.5. The number of nitrogens with one attached hydrogen (secondary N) is 2. The van der Waals surface area contributed by atoms with Gasteiger partial charge in [-0.05, 0) is 85.6 Å². The first-order valence-electron chi connectivity index (χ1n) is 10.5. The van der Waals surface area contributed by atoms with Crippen molar-refractivity contribution < 1.29 is 26.4 Å². The molecule has 3 aromatic carbocycles. The second-order valence-corrected chi connectivity index (χ2v) is 11.5. The molecule has 1 amide bonds. The Morgan fingerprint density at radius 2 is 1.46 bits per heavy atom. The van der Waals surface area contributed by atoms with Gasteiger partial charge in [-0.3, -0.25) is 13.8 Å². The van der Waals surface area contributed by atoms with E-state index < -0.39 is 32.5 Å². The van der Waals surface area contributed by atoms with E-state index >= 15 is 0 Å². The molecule has 0 saturated heterocycles. The lowest BCUT2D eigenvalue weighted by molar-refractivity contribution is -0.114. The summed E-state index contributed by atoms with van der Waals surface area (Å²) in [7, 11) is -6.08. The van der Waals surface area contributed by atoms with Crippen molar-refractivity contribution in [2.45, 2.75) is 18.7 Å². The highest BCUT2D eigenvalue weighted by atomic mass is 32.2. The highest BCUT2D eigenvalue weighted by Gasteiger charge is 2.21. The number of carbonyl (C=O) groups is 1. The predicted octanol–water partition coefficient (Wildman–Crippen LogP) is 3.52. The fraction of sp³-hybridized carbons (Fsp3) is 0.208. The zero-order valence-electron chi connectivity index (χ0n) is 19.8. The van der Waals surface area contributed by atoms with Crippen LogP contribution in [0.25, 0.3) is 0 Å². The number of methoxy groups -OCH3 is 1. The first-order chi connectivity index (χ1) is 16.4. The molecule has 0 aliphatic rings. The van der Waals surface area contributed by atoms with E-state index in [1.54, 1.807) is 24.3 Å². The first kappa shape index (κ1) is 26.0. The van der Waals surface area contributed by atoms with E-state index in [1.165, 1.54) is 43.5 Å². The van der Waals surface area contributed by atoms with Crippen molar-refractivity contribution in [2.75, 3.05) is 34.3 Å². The Hall–Kier alpha value is -3.57. The van der Waals surface area contributed by atoms with Crippen molar-refractivity contribution in [1.82, 2.24) is 0 Å². The lowest BCUT2D eigenvalue weighted by atomic mass is 10.1. The molecule has 0 atom stereocenters. The van der Waals surface area contributed by atoms with Gasteiger partial charge in [0.2, 0.25) is 15.9 Å². The number of nitrogens with zero attached hydrogens (tertiary/aromatic N) is 1. The second kappa shape index (κ2) is 10.4. The van der Waals surface area contributed by atoms with Crippen molar-refractivity contribution in [3.63, 3.8) is 0 Å². The molecule has 0 unspecified atom stereocenters. The summed E-state index contributed by atoms with van der Waals surface area (Å²) >= 11 is 0. The van der Waals surface area contributed by atoms with Crippen molar-refractivity contribution in [2.24, 2.45) is 0 Å². The van der Waals surface area contributed by atoms with Crippen LogP contribution in [0, 0.1) is 13.8 Å². The van der Waals surface area contributed by atoms with Gasteiger partial charge in [0.1, 0.15) is 12.3 Å². The maximum atomic E-state index is 12.7. The minimum absolute atomic E-state index is 0.0183. The van der Waals surface area contributed by atoms with E-state index in [0.29, 0.717) is 22.8 Å². The largest absolute Gasteiger partial charge is 0.497 e. The molecule has 3 rings (SSSR count). The molecule has 3 aromatic rings. The van der Waals surface area contributed by atoms with E-state index in [0.717, 1.165) is 21.7 Å². The predicted molar refractivity (Wildman–Crippen MR) is 137 cm³/mol. The van der Waals surface area contributed by atoms with Crippen LogP contribution in [0.4, 0.5) is 17.1 Å². The molecule has 2 N–H and O–H groups in total. The van der Waals surface area contributed by atoms with Gasteiger partial charge in [0.05, 0.1) is 23.9 Å². The van der Waals surface area contributed by atoms with Crippen molar-refractivity contribution in [3.8, 4) is 5.75 Å². The number of sulfonamides is 2. The van der Waals surface area contributed by atoms with Crippen LogP contribution in [0.1, 0.15) is 11.1 Å². The summed E-state index contributed by atoms with van der Waals surface area (Å²) in [4.78, 5) is 12.6. The molecule has 0 aliphatic heterocycles. The number of anilines is 3. The topological polar surface area (TPSA) is 122 Å². The molecular weight excluding hydrogens is 490 g/mol. The third-order valence-electron chi connectivity index (χ3n) is 5.26. The molecule has 0 saturated carbocycles. The Kier molecular flexibility index (Phi) is 7.71. The molecule has 11 heteroatoms. The third-order valence-corrected chi connectivity index (χ3v) is 7.79. The number of hydrogen-bond acceptors (Lipinski definition) is 6. The highest BCUT2D eigenvalue weighted by molar-refractivity contribution is 7.92. The van der Waals surface area contributed by atoms with E-state index in [-0.39, 0.29) is 4.90 Å². The van der Waals surface area contributed by atoms with Gasteiger partial charge in [0.25, 0.3) is 10.0 Å². The van der Waals surface area contributed by atoms with Crippen LogP contribution < -0.4 is 19.1 Å². The fourth-order valence-electron chi connectivity index (χ4n) is 3.22. The Labute approximate surface area is 205 Å². The number of carbonyl (C=O) groups excluding carboxylic acids is 1. The van der Waals surface area contributed by atoms with Crippen LogP contribution in [0.3, 0.4) is 0 Å². The molecular formula is C24H27N3O6S2. The lowest BCUT2D eigenvalue weighted by Gasteiger charge is -2.22. The molecule has 186 valence electrons. The van der Waals surface area contributed by atoms with Crippen LogP contribution >= 0.6 is 0 Å². The molecule has 0 fully saturated rings. The molecule has 35 heavy (non-hydrogen) atoms. The number of rotatable bonds is 9. The van der Waals surface area contributed by atoms with E-state index in [1.807, 2.05) is 19.9 Å². The average molecular weight is 518 g/mol. The maximum Gasteiger partial charge on any atom is 0.261 e. The minimum Gasteiger partial charge on any atom is -0.497 e. The summed E-state index contributed by atoms with van der Waals surface area (Å²) in [6.45, 7) is 3.37. The van der Waals surface area contributed by atoms with Gasteiger partial charge in [0.15, 0.2) is 0 Å². The molecule has 9 nitrogen and oxygen atoms in total. The summed E-state index contributed by atoms with van der Waals surface area (Å²) in [6, 6.07) is 17.1. The van der Waals surface area contributed by atoms with Crippen LogP contribution in [0.5, 0.6) is 5.75 Å². The van der Waals surface area contributed by atoms with Crippen LogP contribution in [-0.2, 0) is 24.8 Å². The molecule has 0 bridgehead atoms. The summed E-state index contributed by atoms with van der Waals surface area (Å²) in [6.07, 6.45) is 1.01. The summed E-state index contributed by atoms with van der Waals surface area (Å²) < 4.78 is 58.5. The maximum absolute atomic E-state index is 12.7. The van der Waals surface area contributed by atoms with Gasteiger partial charge >= 0.3 is 0 Å². The first-order valence-corrected chi connectivity index (χ1v) is 13.8. The molecule has 0 aliphatic carbocycles. The number of hydrogen-bond donors (Lipinski definition) is 2. The smallest absolute Gasteiger partial charge is 0.261 e. The second-order valence-electron chi connectivity index (χ2n) is 7.94. The molecule has 0 spiro atoms. The van der Waals surface area contributed by atoms with Crippen molar-refractivity contribution in [1.29, 1.82) is 0 Å². The Morgan fingerprint density at radius 1 is 0.857 bits per heavy atom. The van der Waals surface area contributed by atoms with Gasteiger partial charge in [-0.1, -0.05) is 6.07 Å². The Bertz CT molecular complexity index is 1420. The third kappa shape index (κ3) is 6.74. The van der Waals surface area contributed by atoms with Gasteiger partial charge in [-0.2, -0.15) is 0 Å². The summed E-state index contributed by atoms with van der Waals surface area (Å²) in [5.41, 5.74) is 3.09. The highest BCUT2D eigenvalue weighted by Crippen LogP contribution is 2.23. The standard InChI is InChI=1S/C24H27N3O6S2/c1-17-5-6-20(15-18(17)2)26-35(31,32)23-13-7-19(8-14-23)25-24(28)16-27(34(4,29)30)21-9-11-22(33-3)12-10-21/h5-15,26H,16H2,1-4H3,(H,25,28). The van der Waals surface area contributed by atoms with Crippen LogP contribution in [-0.4, -0.2) is 42.7 Å². The quantitative estimate of drug-likeness (QED) is 0.448. The summed E-state index contributed by atoms with van der Waals surface area (Å²) in [5, 5.41) is 2.59. The zero-order chi connectivity index (χ0) is 25.8. The summed E-state index contributed by atoms with van der Waals surface area (Å²) in [5.74, 6) is -0.0381. The minimum atomic E-state index is -3.83. The van der Waals surface area contributed by atoms with Crippen molar-refractivity contribution in [3.05, 3.63) is 77.9 Å². The Morgan fingerprint density at radius 3 is 2.00 bits per heavy atom. The van der Waals surface area contributed by atoms with Crippen molar-refractivity contribution >= 4 is 43.0 Å². The van der Waals surface area contributed by atoms with E-state index in [4.69, 9.17) is 4.74 Å². The molecule has 0 aromatic heterocycles. The van der Waals surface area contributed by atoms with Crippen LogP contribution in [0.15, 0.2) is 71.6 Å². The van der Waals surface area contributed by atoms with Gasteiger partial charge in [-0.15, -0.1) is 0 Å². The van der Waals surface area contributed by atoms with Gasteiger partial charge < -0.3 is 10.1 Å². The van der Waals surface area contributed by atoms with E-state index in [2.05, 4.69) is 10.0 Å². The number of ether oxygens (including phenoxy) is 1. The zero-order valence-corrected chi connectivity index (χ0v) is 21.4. The Balaban J connectivity index is 1.70. The average Bonchev–Trinajstić information content (AvgIpc) is 2.79. The van der Waals surface area contributed by atoms with E-state index in [9.17, 15) is 21.6 Å². The van der Waals surface area contributed by atoms with Crippen LogP contribution in [0.2, 0.25) is 0 Å². The fourth-order valence-corrected chi connectivity index (χ4v) is 5.12. The lowest BCUT2D eigenvalue weighted by Crippen LogP contribution is -2.37. The SMILES string of the molecule is COc1ccc(N(CC(=O)Nc2ccc(S(=O)(=O)Nc3ccc(C)c(C)c3)cc2)S(C)(=O)=O)cc1. The van der Waals surface area contributed by atoms with Gasteiger partial charge in [-0.25, -0.2) is 16.8 Å². The molecule has 0 radical (unpaired) electrons. The molecule has 0 heterocycles. The number of benzene rings is 3. The van der Waals surface area contributed by atoms with Gasteiger partial charge in [0, 0.05) is 11.4 Å². The number of aryl methyl sites for hydroxylation is 2. The number of amides is 1. The monoisotopic (exact) mass is 517 g/mol.